The van der Waals surface area contributed by atoms with Crippen molar-refractivity contribution in [1.82, 2.24) is 9.88 Å². The van der Waals surface area contributed by atoms with Crippen molar-refractivity contribution in [2.24, 2.45) is 5.92 Å². The second-order valence-corrected chi connectivity index (χ2v) is 12.6. The van der Waals surface area contributed by atoms with E-state index in [1.165, 1.54) is 11.8 Å². The molecule has 3 unspecified atom stereocenters. The van der Waals surface area contributed by atoms with E-state index in [0.717, 1.165) is 16.5 Å². The first kappa shape index (κ1) is 31.6. The van der Waals surface area contributed by atoms with Crippen molar-refractivity contribution >= 4 is 40.6 Å². The van der Waals surface area contributed by atoms with E-state index in [4.69, 9.17) is 4.74 Å². The van der Waals surface area contributed by atoms with Crippen LogP contribution in [0.3, 0.4) is 0 Å². The summed E-state index contributed by atoms with van der Waals surface area (Å²) in [6, 6.07) is 16.9. The molecule has 10 nitrogen and oxygen atoms in total. The second kappa shape index (κ2) is 12.5. The summed E-state index contributed by atoms with van der Waals surface area (Å²) in [7, 11) is 3.75. The summed E-state index contributed by atoms with van der Waals surface area (Å²) >= 11 is 1.31. The van der Waals surface area contributed by atoms with Gasteiger partial charge in [0.05, 0.1) is 24.1 Å². The highest BCUT2D eigenvalue weighted by Gasteiger charge is 2.55. The van der Waals surface area contributed by atoms with Crippen LogP contribution in [0.4, 0.5) is 0 Å². The number of nitrogens with one attached hydrogen (secondary N) is 1. The molecule has 1 aliphatic rings. The van der Waals surface area contributed by atoms with Crippen LogP contribution in [0.5, 0.6) is 0 Å². The lowest BCUT2D eigenvalue weighted by molar-refractivity contribution is -0.196. The van der Waals surface area contributed by atoms with Crippen LogP contribution < -0.4 is 0 Å². The Bertz CT molecular complexity index is 1430. The SMILES string of the molecule is CCC(O)(c1ccccc1)C(CN(C)C)CC1(OC(CC(=O)O)(CC(=O)O)C(=O)O)SCCc2c1[nH]c1ccccc21. The van der Waals surface area contributed by atoms with Gasteiger partial charge in [0, 0.05) is 29.1 Å². The summed E-state index contributed by atoms with van der Waals surface area (Å²) in [4.78, 5) is 40.6. The molecular weight excluding hydrogens is 560 g/mol. The zero-order valence-electron chi connectivity index (χ0n) is 24.0. The Hall–Kier alpha value is -3.38. The molecule has 1 aliphatic heterocycles. The number of ether oxygens (including phenoxy) is 1. The highest BCUT2D eigenvalue weighted by molar-refractivity contribution is 8.00. The molecule has 2 heterocycles. The number of aliphatic carboxylic acids is 3. The molecule has 2 aromatic carbocycles. The van der Waals surface area contributed by atoms with Gasteiger partial charge in [-0.15, -0.1) is 11.8 Å². The third-order valence-corrected chi connectivity index (χ3v) is 9.42. The van der Waals surface area contributed by atoms with Crippen LogP contribution in [0.25, 0.3) is 10.9 Å². The predicted octanol–water partition coefficient (Wildman–Crippen LogP) is 4.27. The van der Waals surface area contributed by atoms with Crippen LogP contribution in [0.1, 0.15) is 49.4 Å². The molecule has 3 atom stereocenters. The second-order valence-electron chi connectivity index (χ2n) is 11.2. The maximum absolute atomic E-state index is 12.8. The Balaban J connectivity index is 1.97. The fourth-order valence-electron chi connectivity index (χ4n) is 6.20. The number of thioether (sulfide) groups is 1. The predicted molar refractivity (Wildman–Crippen MR) is 159 cm³/mol. The largest absolute Gasteiger partial charge is 0.481 e. The van der Waals surface area contributed by atoms with Gasteiger partial charge in [0.25, 0.3) is 0 Å². The number of hydrogen-bond acceptors (Lipinski definition) is 7. The monoisotopic (exact) mass is 598 g/mol. The molecule has 4 rings (SSSR count). The third-order valence-electron chi connectivity index (χ3n) is 8.09. The van der Waals surface area contributed by atoms with Crippen LogP contribution in [0.15, 0.2) is 54.6 Å². The van der Waals surface area contributed by atoms with Crippen molar-refractivity contribution in [3.8, 4) is 0 Å². The molecule has 0 saturated carbocycles. The number of fused-ring (bicyclic) bond motifs is 3. The molecule has 11 heteroatoms. The number of carbonyl (C=O) groups is 3. The number of benzene rings is 2. The van der Waals surface area contributed by atoms with E-state index in [1.54, 1.807) is 0 Å². The highest BCUT2D eigenvalue weighted by Crippen LogP contribution is 2.54. The Morgan fingerprint density at radius 3 is 2.21 bits per heavy atom. The first-order valence-electron chi connectivity index (χ1n) is 13.9. The first-order chi connectivity index (χ1) is 19.9. The maximum Gasteiger partial charge on any atom is 0.337 e. The number of H-pyrrole nitrogens is 1. The smallest absolute Gasteiger partial charge is 0.337 e. The van der Waals surface area contributed by atoms with Crippen LogP contribution in [0, 0.1) is 5.92 Å². The number of hydrogen-bond donors (Lipinski definition) is 5. The summed E-state index contributed by atoms with van der Waals surface area (Å²) in [5.74, 6) is -4.69. The summed E-state index contributed by atoms with van der Waals surface area (Å²) in [6.45, 7) is 2.26. The van der Waals surface area contributed by atoms with Crippen LogP contribution >= 0.6 is 11.8 Å². The van der Waals surface area contributed by atoms with Gasteiger partial charge in [0.2, 0.25) is 0 Å². The molecule has 0 aliphatic carbocycles. The summed E-state index contributed by atoms with van der Waals surface area (Å²) in [5, 5.41) is 43.1. The lowest BCUT2D eigenvalue weighted by Gasteiger charge is -2.47. The highest BCUT2D eigenvalue weighted by atomic mass is 32.2. The van der Waals surface area contributed by atoms with Crippen molar-refractivity contribution < 1.29 is 39.5 Å². The zero-order chi connectivity index (χ0) is 30.7. The van der Waals surface area contributed by atoms with E-state index >= 15 is 0 Å². The van der Waals surface area contributed by atoms with Gasteiger partial charge in [0.1, 0.15) is 0 Å². The van der Waals surface area contributed by atoms with Crippen LogP contribution in [-0.2, 0) is 36.1 Å². The number of aliphatic hydroxyl groups is 1. The number of carboxylic acids is 3. The molecule has 0 bridgehead atoms. The van der Waals surface area contributed by atoms with Crippen LogP contribution in [-0.4, -0.2) is 80.2 Å². The molecule has 3 aromatic rings. The van der Waals surface area contributed by atoms with Gasteiger partial charge >= 0.3 is 17.9 Å². The van der Waals surface area contributed by atoms with E-state index in [0.29, 0.717) is 36.4 Å². The van der Waals surface area contributed by atoms with Gasteiger partial charge in [-0.05, 0) is 50.6 Å². The Labute approximate surface area is 248 Å². The molecule has 5 N–H and O–H groups in total. The van der Waals surface area contributed by atoms with Gasteiger partial charge in [-0.3, -0.25) is 9.59 Å². The van der Waals surface area contributed by atoms with Crippen molar-refractivity contribution in [2.75, 3.05) is 26.4 Å². The minimum Gasteiger partial charge on any atom is -0.481 e. The van der Waals surface area contributed by atoms with Gasteiger partial charge in [-0.2, -0.15) is 0 Å². The molecule has 0 radical (unpaired) electrons. The normalized spacial score (nSPS) is 19.3. The number of rotatable bonds is 14. The van der Waals surface area contributed by atoms with Gasteiger partial charge < -0.3 is 35.0 Å². The molecule has 0 amide bonds. The number of aromatic nitrogens is 1. The lowest BCUT2D eigenvalue weighted by atomic mass is 9.75. The number of aromatic amines is 1. The van der Waals surface area contributed by atoms with Crippen molar-refractivity contribution in [1.29, 1.82) is 0 Å². The van der Waals surface area contributed by atoms with Gasteiger partial charge in [-0.25, -0.2) is 4.79 Å². The first-order valence-corrected chi connectivity index (χ1v) is 14.9. The maximum atomic E-state index is 12.8. The lowest BCUT2D eigenvalue weighted by Crippen LogP contribution is -2.53. The van der Waals surface area contributed by atoms with Crippen molar-refractivity contribution in [3.05, 3.63) is 71.4 Å². The fourth-order valence-corrected chi connectivity index (χ4v) is 7.69. The molecule has 42 heavy (non-hydrogen) atoms. The molecule has 0 saturated heterocycles. The Morgan fingerprint density at radius 1 is 1.02 bits per heavy atom. The molecule has 1 aromatic heterocycles. The Kier molecular flexibility index (Phi) is 9.36. The molecule has 0 fully saturated rings. The van der Waals surface area contributed by atoms with Crippen LogP contribution in [0.2, 0.25) is 0 Å². The summed E-state index contributed by atoms with van der Waals surface area (Å²) < 4.78 is 6.53. The topological polar surface area (TPSA) is 160 Å². The number of para-hydroxylation sites is 1. The zero-order valence-corrected chi connectivity index (χ0v) is 24.8. The number of carboxylic acid groups (broad SMARTS) is 3. The van der Waals surface area contributed by atoms with E-state index < -0.39 is 52.8 Å². The molecular formula is C31H38N2O8S. The van der Waals surface area contributed by atoms with E-state index in [1.807, 2.05) is 80.5 Å². The minimum absolute atomic E-state index is 0.0726. The number of aryl methyl sites for hydroxylation is 1. The number of nitrogens with zero attached hydrogens (tertiary/aromatic N) is 1. The van der Waals surface area contributed by atoms with Crippen molar-refractivity contribution in [2.45, 2.75) is 55.2 Å². The summed E-state index contributed by atoms with van der Waals surface area (Å²) in [5.41, 5.74) is -0.983. The minimum atomic E-state index is -2.57. The molecule has 226 valence electrons. The van der Waals surface area contributed by atoms with Gasteiger partial charge in [-0.1, -0.05) is 55.5 Å². The van der Waals surface area contributed by atoms with E-state index in [2.05, 4.69) is 4.98 Å². The fraction of sp³-hybridized carbons (Fsp3) is 0.452. The van der Waals surface area contributed by atoms with E-state index in [9.17, 15) is 34.8 Å². The standard InChI is InChI=1S/C31H38N2O8S/c1-4-30(40,20-10-6-5-7-11-20)21(19-33(2)3)16-31(41-29(28(38)39,17-25(34)35)18-26(36)37)27-23(14-15-42-31)22-12-8-9-13-24(22)32-27/h5-13,21,32,40H,4,14-19H2,1-3H3,(H,34,35)(H,36,37)(H,38,39). The average molecular weight is 599 g/mol. The van der Waals surface area contributed by atoms with Crippen molar-refractivity contribution in [3.63, 3.8) is 0 Å². The average Bonchev–Trinajstić information content (AvgIpc) is 3.32. The Morgan fingerprint density at radius 2 is 1.64 bits per heavy atom. The van der Waals surface area contributed by atoms with E-state index in [-0.39, 0.29) is 6.42 Å². The quantitative estimate of drug-likeness (QED) is 0.181. The summed E-state index contributed by atoms with van der Waals surface area (Å²) in [6.07, 6.45) is -1.06. The molecule has 0 spiro atoms. The van der Waals surface area contributed by atoms with Gasteiger partial charge in [0.15, 0.2) is 10.5 Å². The third kappa shape index (κ3) is 6.19.